The predicted molar refractivity (Wildman–Crippen MR) is 72.2 cm³/mol. The number of aromatic nitrogens is 2. The lowest BCUT2D eigenvalue weighted by Gasteiger charge is -2.24. The molecule has 0 unspecified atom stereocenters. The van der Waals surface area contributed by atoms with Crippen molar-refractivity contribution in [3.05, 3.63) is 40.4 Å². The molecule has 5 nitrogen and oxygen atoms in total. The van der Waals surface area contributed by atoms with E-state index in [1.54, 1.807) is 0 Å². The summed E-state index contributed by atoms with van der Waals surface area (Å²) in [5.41, 5.74) is 0.821. The third-order valence-corrected chi connectivity index (χ3v) is 3.72. The molecule has 2 heterocycles. The number of nitrogens with zero attached hydrogens (tertiary/aromatic N) is 2. The lowest BCUT2D eigenvalue weighted by atomic mass is 10.2. The number of aryl methyl sites for hydroxylation is 1. The molecule has 1 aliphatic heterocycles. The number of morpholine rings is 1. The Kier molecular flexibility index (Phi) is 3.31. The van der Waals surface area contributed by atoms with Crippen molar-refractivity contribution in [3.8, 4) is 0 Å². The van der Waals surface area contributed by atoms with Crippen LogP contribution in [0.15, 0.2) is 29.1 Å². The van der Waals surface area contributed by atoms with Gasteiger partial charge in [0.05, 0.1) is 24.1 Å². The summed E-state index contributed by atoms with van der Waals surface area (Å²) in [4.78, 5) is 17.7. The molecule has 1 N–H and O–H groups in total. The summed E-state index contributed by atoms with van der Waals surface area (Å²) in [6.45, 7) is 4.30. The molecule has 1 aromatic heterocycles. The summed E-state index contributed by atoms with van der Waals surface area (Å²) in [6, 6.07) is 7.62. The van der Waals surface area contributed by atoms with Crippen LogP contribution in [0.25, 0.3) is 10.9 Å². The maximum atomic E-state index is 12.0. The molecule has 19 heavy (non-hydrogen) atoms. The third-order valence-electron chi connectivity index (χ3n) is 3.72. The fourth-order valence-corrected chi connectivity index (χ4v) is 2.56. The Morgan fingerprint density at radius 1 is 1.32 bits per heavy atom. The highest BCUT2D eigenvalue weighted by Gasteiger charge is 2.17. The number of rotatable bonds is 2. The lowest BCUT2D eigenvalue weighted by Crippen LogP contribution is -3.13. The van der Waals surface area contributed by atoms with Crippen molar-refractivity contribution in [3.63, 3.8) is 0 Å². The molecule has 1 aromatic carbocycles. The molecule has 0 radical (unpaired) electrons. The van der Waals surface area contributed by atoms with E-state index in [2.05, 4.69) is 4.98 Å². The van der Waals surface area contributed by atoms with Gasteiger partial charge in [-0.2, -0.15) is 4.98 Å². The highest BCUT2D eigenvalue weighted by Crippen LogP contribution is 2.08. The van der Waals surface area contributed by atoms with Gasteiger partial charge in [0, 0.05) is 7.05 Å². The topological polar surface area (TPSA) is 48.6 Å². The van der Waals surface area contributed by atoms with E-state index in [4.69, 9.17) is 4.74 Å². The zero-order chi connectivity index (χ0) is 13.2. The standard InChI is InChI=1S/C14H17N3O2/c1-16-12-5-3-2-4-11(12)14(18)15-13(16)10-17-6-8-19-9-7-17/h2-5H,6-10H2,1H3/p+1. The van der Waals surface area contributed by atoms with Gasteiger partial charge in [0.15, 0.2) is 5.82 Å². The lowest BCUT2D eigenvalue weighted by molar-refractivity contribution is -0.922. The molecule has 1 fully saturated rings. The largest absolute Gasteiger partial charge is 0.370 e. The highest BCUT2D eigenvalue weighted by atomic mass is 16.5. The molecule has 0 bridgehead atoms. The van der Waals surface area contributed by atoms with Crippen LogP contribution in [0.3, 0.4) is 0 Å². The molecule has 0 spiro atoms. The Morgan fingerprint density at radius 3 is 2.84 bits per heavy atom. The molecule has 100 valence electrons. The summed E-state index contributed by atoms with van der Waals surface area (Å²) >= 11 is 0. The average molecular weight is 260 g/mol. The van der Waals surface area contributed by atoms with Crippen molar-refractivity contribution in [1.82, 2.24) is 9.55 Å². The molecule has 3 rings (SSSR count). The Bertz CT molecular complexity index is 645. The van der Waals surface area contributed by atoms with E-state index in [1.165, 1.54) is 4.90 Å². The summed E-state index contributed by atoms with van der Waals surface area (Å²) in [7, 11) is 1.98. The summed E-state index contributed by atoms with van der Waals surface area (Å²) in [5.74, 6) is 0.848. The molecule has 0 saturated carbocycles. The molecule has 1 aliphatic rings. The highest BCUT2D eigenvalue weighted by molar-refractivity contribution is 5.77. The number of quaternary nitrogens is 1. The van der Waals surface area contributed by atoms with Crippen LogP contribution in [0.5, 0.6) is 0 Å². The van der Waals surface area contributed by atoms with Gasteiger partial charge in [-0.25, -0.2) is 0 Å². The number of ether oxygens (including phenoxy) is 1. The number of nitrogens with one attached hydrogen (secondary N) is 1. The summed E-state index contributed by atoms with van der Waals surface area (Å²) < 4.78 is 7.38. The van der Waals surface area contributed by atoms with Crippen LogP contribution in [0.2, 0.25) is 0 Å². The first kappa shape index (κ1) is 12.3. The van der Waals surface area contributed by atoms with Crippen LogP contribution < -0.4 is 10.5 Å². The molecule has 1 saturated heterocycles. The van der Waals surface area contributed by atoms with Crippen molar-refractivity contribution in [2.45, 2.75) is 6.54 Å². The van der Waals surface area contributed by atoms with Crippen LogP contribution in [0.1, 0.15) is 5.82 Å². The van der Waals surface area contributed by atoms with Crippen molar-refractivity contribution in [2.24, 2.45) is 7.05 Å². The summed E-state index contributed by atoms with van der Waals surface area (Å²) in [6.07, 6.45) is 0. The Hall–Kier alpha value is -1.72. The molecule has 5 heteroatoms. The first-order valence-electron chi connectivity index (χ1n) is 6.61. The van der Waals surface area contributed by atoms with Crippen LogP contribution in [-0.2, 0) is 18.3 Å². The number of benzene rings is 1. The monoisotopic (exact) mass is 260 g/mol. The Labute approximate surface area is 111 Å². The van der Waals surface area contributed by atoms with E-state index < -0.39 is 0 Å². The van der Waals surface area contributed by atoms with E-state index in [-0.39, 0.29) is 5.56 Å². The Morgan fingerprint density at radius 2 is 2.05 bits per heavy atom. The fraction of sp³-hybridized carbons (Fsp3) is 0.429. The van der Waals surface area contributed by atoms with Gasteiger partial charge in [-0.15, -0.1) is 0 Å². The van der Waals surface area contributed by atoms with Gasteiger partial charge in [-0.3, -0.25) is 4.79 Å². The Balaban J connectivity index is 1.99. The quantitative estimate of drug-likeness (QED) is 0.780. The van der Waals surface area contributed by atoms with Gasteiger partial charge < -0.3 is 14.2 Å². The van der Waals surface area contributed by atoms with Crippen molar-refractivity contribution in [2.75, 3.05) is 26.3 Å². The maximum Gasteiger partial charge on any atom is 0.281 e. The van der Waals surface area contributed by atoms with Crippen LogP contribution in [0.4, 0.5) is 0 Å². The second-order valence-electron chi connectivity index (χ2n) is 4.95. The molecule has 0 amide bonds. The normalized spacial score (nSPS) is 16.9. The first-order chi connectivity index (χ1) is 9.25. The first-order valence-corrected chi connectivity index (χ1v) is 6.61. The minimum atomic E-state index is -0.128. The fourth-order valence-electron chi connectivity index (χ4n) is 2.56. The minimum Gasteiger partial charge on any atom is -0.370 e. The molecular weight excluding hydrogens is 242 g/mol. The van der Waals surface area contributed by atoms with Gasteiger partial charge >= 0.3 is 0 Å². The van der Waals surface area contributed by atoms with Crippen molar-refractivity contribution < 1.29 is 9.64 Å². The predicted octanol–water partition coefficient (Wildman–Crippen LogP) is -0.651. The van der Waals surface area contributed by atoms with Gasteiger partial charge in [-0.05, 0) is 12.1 Å². The van der Waals surface area contributed by atoms with E-state index >= 15 is 0 Å². The number of hydrogen-bond donors (Lipinski definition) is 1. The minimum absolute atomic E-state index is 0.128. The van der Waals surface area contributed by atoms with E-state index in [0.717, 1.165) is 44.2 Å². The SMILES string of the molecule is Cn1c(C[NH+]2CCOCC2)nc(=O)c2ccccc21. The zero-order valence-corrected chi connectivity index (χ0v) is 11.1. The summed E-state index contributed by atoms with van der Waals surface area (Å²) in [5, 5.41) is 0.686. The second-order valence-corrected chi connectivity index (χ2v) is 4.95. The van der Waals surface area contributed by atoms with Gasteiger partial charge in [0.1, 0.15) is 19.6 Å². The smallest absolute Gasteiger partial charge is 0.281 e. The number of fused-ring (bicyclic) bond motifs is 1. The van der Waals surface area contributed by atoms with Crippen LogP contribution in [-0.4, -0.2) is 35.9 Å². The molecule has 0 aliphatic carbocycles. The third kappa shape index (κ3) is 2.39. The second kappa shape index (κ2) is 5.11. The molecule has 2 aromatic rings. The van der Waals surface area contributed by atoms with Crippen LogP contribution >= 0.6 is 0 Å². The van der Waals surface area contributed by atoms with E-state index in [0.29, 0.717) is 5.39 Å². The van der Waals surface area contributed by atoms with Crippen LogP contribution in [0, 0.1) is 0 Å². The van der Waals surface area contributed by atoms with Gasteiger partial charge in [-0.1, -0.05) is 12.1 Å². The number of hydrogen-bond acceptors (Lipinski definition) is 3. The molecule has 0 atom stereocenters. The van der Waals surface area contributed by atoms with Crippen molar-refractivity contribution in [1.29, 1.82) is 0 Å². The molecular formula is C14H18N3O2+. The van der Waals surface area contributed by atoms with Crippen molar-refractivity contribution >= 4 is 10.9 Å². The van der Waals surface area contributed by atoms with Gasteiger partial charge in [0.25, 0.3) is 5.56 Å². The maximum absolute atomic E-state index is 12.0. The van der Waals surface area contributed by atoms with E-state index in [9.17, 15) is 4.79 Å². The number of para-hydroxylation sites is 1. The van der Waals surface area contributed by atoms with E-state index in [1.807, 2.05) is 35.9 Å². The van der Waals surface area contributed by atoms with Gasteiger partial charge in [0.2, 0.25) is 0 Å². The zero-order valence-electron chi connectivity index (χ0n) is 11.1. The average Bonchev–Trinajstić information content (AvgIpc) is 2.46.